The number of aliphatic carboxylic acids is 2. The molecule has 1 heterocycles. The van der Waals surface area contributed by atoms with E-state index in [1.165, 1.54) is 0 Å². The number of nitrogens with zero attached hydrogens (tertiary/aromatic N) is 1. The highest BCUT2D eigenvalue weighted by Gasteiger charge is 2.24. The van der Waals surface area contributed by atoms with E-state index in [0.29, 0.717) is 0 Å². The van der Waals surface area contributed by atoms with Gasteiger partial charge in [-0.3, -0.25) is 9.59 Å². The van der Waals surface area contributed by atoms with Crippen LogP contribution in [-0.2, 0) is 16.6 Å². The summed E-state index contributed by atoms with van der Waals surface area (Å²) in [6.45, 7) is 1.79. The molecule has 0 saturated carbocycles. The second kappa shape index (κ2) is 5.35. The number of aryl methyl sites for hydroxylation is 1. The number of carboxylic acids is 2. The minimum atomic E-state index is -1.44. The number of carboxylic acid groups (broad SMARTS) is 2. The summed E-state index contributed by atoms with van der Waals surface area (Å²) in [4.78, 5) is 33.1. The Hall–Kier alpha value is -2.31. The number of nitrogens with one attached hydrogen (secondary N) is 1. The summed E-state index contributed by atoms with van der Waals surface area (Å²) in [6.07, 6.45) is -0.662. The van der Waals surface area contributed by atoms with Crippen molar-refractivity contribution in [2.45, 2.75) is 19.4 Å². The molecule has 7 nitrogen and oxygen atoms in total. The first-order chi connectivity index (χ1) is 8.32. The fourth-order valence-electron chi connectivity index (χ4n) is 1.45. The fraction of sp³-hybridized carbons (Fsp3) is 0.364. The number of hydrogen-bond donors (Lipinski definition) is 3. The van der Waals surface area contributed by atoms with Gasteiger partial charge in [-0.05, 0) is 19.1 Å². The Balaban J connectivity index is 2.82. The number of rotatable bonds is 5. The molecule has 98 valence electrons. The Bertz CT molecular complexity index is 492. The first-order valence-corrected chi connectivity index (χ1v) is 5.20. The van der Waals surface area contributed by atoms with Gasteiger partial charge in [0, 0.05) is 12.7 Å². The highest BCUT2D eigenvalue weighted by Crippen LogP contribution is 2.06. The van der Waals surface area contributed by atoms with Crippen LogP contribution in [0.1, 0.15) is 22.6 Å². The Morgan fingerprint density at radius 3 is 2.33 bits per heavy atom. The molecule has 0 aliphatic carbocycles. The summed E-state index contributed by atoms with van der Waals surface area (Å²) in [7, 11) is 1.66. The summed E-state index contributed by atoms with van der Waals surface area (Å²) in [5.41, 5.74) is 1.12. The number of hydrogen-bond acceptors (Lipinski definition) is 3. The molecule has 0 saturated heterocycles. The van der Waals surface area contributed by atoms with Crippen molar-refractivity contribution < 1.29 is 24.6 Å². The van der Waals surface area contributed by atoms with E-state index in [2.05, 4.69) is 5.32 Å². The van der Waals surface area contributed by atoms with Crippen molar-refractivity contribution in [2.75, 3.05) is 0 Å². The Kier molecular flexibility index (Phi) is 4.09. The molecular weight excluding hydrogens is 240 g/mol. The highest BCUT2D eigenvalue weighted by molar-refractivity contribution is 5.96. The van der Waals surface area contributed by atoms with E-state index in [1.807, 2.05) is 0 Å². The van der Waals surface area contributed by atoms with Crippen molar-refractivity contribution in [3.63, 3.8) is 0 Å². The van der Waals surface area contributed by atoms with Crippen LogP contribution in [0.25, 0.3) is 0 Å². The lowest BCUT2D eigenvalue weighted by atomic mass is 10.2. The standard InChI is InChI=1S/C11H14N2O5/c1-6-3-4-8(13(6)2)10(16)12-7(11(17)18)5-9(14)15/h3-4,7H,5H2,1-2H3,(H,12,16)(H,14,15)(H,17,18)/t7-/m1/s1. The van der Waals surface area contributed by atoms with E-state index >= 15 is 0 Å². The maximum atomic E-state index is 11.8. The van der Waals surface area contributed by atoms with Crippen LogP contribution >= 0.6 is 0 Å². The zero-order valence-corrected chi connectivity index (χ0v) is 10.0. The fourth-order valence-corrected chi connectivity index (χ4v) is 1.45. The smallest absolute Gasteiger partial charge is 0.326 e. The van der Waals surface area contributed by atoms with E-state index in [9.17, 15) is 14.4 Å². The van der Waals surface area contributed by atoms with Crippen molar-refractivity contribution in [2.24, 2.45) is 7.05 Å². The van der Waals surface area contributed by atoms with Crippen LogP contribution in [0, 0.1) is 6.92 Å². The predicted octanol–water partition coefficient (Wildman–Crippen LogP) is -0.00878. The van der Waals surface area contributed by atoms with Crippen molar-refractivity contribution in [3.8, 4) is 0 Å². The first-order valence-electron chi connectivity index (χ1n) is 5.20. The minimum absolute atomic E-state index is 0.282. The normalized spacial score (nSPS) is 11.9. The zero-order valence-electron chi connectivity index (χ0n) is 10.0. The van der Waals surface area contributed by atoms with Gasteiger partial charge in [0.15, 0.2) is 0 Å². The molecule has 0 aliphatic heterocycles. The molecule has 1 aromatic rings. The molecule has 0 unspecified atom stereocenters. The third kappa shape index (κ3) is 3.09. The summed E-state index contributed by atoms with van der Waals surface area (Å²) in [6, 6.07) is 1.82. The van der Waals surface area contributed by atoms with Gasteiger partial charge < -0.3 is 20.1 Å². The molecule has 0 aliphatic rings. The second-order valence-corrected chi connectivity index (χ2v) is 3.88. The van der Waals surface area contributed by atoms with Crippen molar-refractivity contribution >= 4 is 17.8 Å². The van der Waals surface area contributed by atoms with Crippen LogP contribution in [-0.4, -0.2) is 38.7 Å². The van der Waals surface area contributed by atoms with Gasteiger partial charge in [0.2, 0.25) is 0 Å². The minimum Gasteiger partial charge on any atom is -0.481 e. The summed E-state index contributed by atoms with van der Waals surface area (Å²) in [5, 5.41) is 19.5. The Labute approximate surface area is 103 Å². The maximum absolute atomic E-state index is 11.8. The predicted molar refractivity (Wildman–Crippen MR) is 61.3 cm³/mol. The average molecular weight is 254 g/mol. The molecule has 1 amide bonds. The van der Waals surface area contributed by atoms with E-state index < -0.39 is 30.3 Å². The third-order valence-corrected chi connectivity index (χ3v) is 2.59. The van der Waals surface area contributed by atoms with E-state index in [4.69, 9.17) is 10.2 Å². The van der Waals surface area contributed by atoms with Crippen LogP contribution < -0.4 is 5.32 Å². The van der Waals surface area contributed by atoms with E-state index in [1.54, 1.807) is 30.7 Å². The summed E-state index contributed by atoms with van der Waals surface area (Å²) < 4.78 is 1.59. The van der Waals surface area contributed by atoms with Crippen LogP contribution in [0.5, 0.6) is 0 Å². The first kappa shape index (κ1) is 13.8. The molecule has 1 aromatic heterocycles. The van der Waals surface area contributed by atoms with E-state index in [0.717, 1.165) is 5.69 Å². The molecule has 1 atom stereocenters. The van der Waals surface area contributed by atoms with Gasteiger partial charge in [0.25, 0.3) is 5.91 Å². The molecule has 0 spiro atoms. The SMILES string of the molecule is Cc1ccc(C(=O)N[C@H](CC(=O)O)C(=O)O)n1C. The largest absolute Gasteiger partial charge is 0.481 e. The van der Waals surface area contributed by atoms with Gasteiger partial charge in [-0.15, -0.1) is 0 Å². The maximum Gasteiger partial charge on any atom is 0.326 e. The third-order valence-electron chi connectivity index (χ3n) is 2.59. The lowest BCUT2D eigenvalue weighted by molar-refractivity contribution is -0.145. The van der Waals surface area contributed by atoms with Gasteiger partial charge in [-0.2, -0.15) is 0 Å². The highest BCUT2D eigenvalue weighted by atomic mass is 16.4. The molecule has 1 rings (SSSR count). The number of amides is 1. The zero-order chi connectivity index (χ0) is 13.9. The van der Waals surface area contributed by atoms with Crippen molar-refractivity contribution in [3.05, 3.63) is 23.5 Å². The Morgan fingerprint density at radius 2 is 1.94 bits per heavy atom. The average Bonchev–Trinajstić information content (AvgIpc) is 2.58. The molecule has 18 heavy (non-hydrogen) atoms. The Morgan fingerprint density at radius 1 is 1.33 bits per heavy atom. The molecule has 7 heteroatoms. The lowest BCUT2D eigenvalue weighted by Crippen LogP contribution is -2.42. The van der Waals surface area contributed by atoms with Gasteiger partial charge in [0.1, 0.15) is 11.7 Å². The number of carbonyl (C=O) groups is 3. The monoisotopic (exact) mass is 254 g/mol. The number of carbonyl (C=O) groups excluding carboxylic acids is 1. The van der Waals surface area contributed by atoms with Crippen LogP contribution in [0.3, 0.4) is 0 Å². The van der Waals surface area contributed by atoms with Crippen LogP contribution in [0.2, 0.25) is 0 Å². The van der Waals surface area contributed by atoms with Gasteiger partial charge in [0.05, 0.1) is 6.42 Å². The van der Waals surface area contributed by atoms with Crippen molar-refractivity contribution in [1.82, 2.24) is 9.88 Å². The van der Waals surface area contributed by atoms with Gasteiger partial charge >= 0.3 is 11.9 Å². The molecule has 0 bridgehead atoms. The van der Waals surface area contributed by atoms with Gasteiger partial charge in [-0.25, -0.2) is 4.79 Å². The van der Waals surface area contributed by atoms with Crippen LogP contribution in [0.4, 0.5) is 0 Å². The molecule has 0 fully saturated rings. The molecule has 0 aromatic carbocycles. The molecular formula is C11H14N2O5. The number of aromatic nitrogens is 1. The van der Waals surface area contributed by atoms with Crippen LogP contribution in [0.15, 0.2) is 12.1 Å². The quantitative estimate of drug-likeness (QED) is 0.684. The second-order valence-electron chi connectivity index (χ2n) is 3.88. The van der Waals surface area contributed by atoms with E-state index in [-0.39, 0.29) is 5.69 Å². The lowest BCUT2D eigenvalue weighted by Gasteiger charge is -2.13. The summed E-state index contributed by atoms with van der Waals surface area (Å²) >= 11 is 0. The molecule has 0 radical (unpaired) electrons. The molecule has 3 N–H and O–H groups in total. The topological polar surface area (TPSA) is 109 Å². The summed E-state index contributed by atoms with van der Waals surface area (Å²) in [5.74, 6) is -3.28. The van der Waals surface area contributed by atoms with Gasteiger partial charge in [-0.1, -0.05) is 0 Å². The van der Waals surface area contributed by atoms with Crippen molar-refractivity contribution in [1.29, 1.82) is 0 Å².